The van der Waals surface area contributed by atoms with E-state index < -0.39 is 12.0 Å². The molecule has 1 saturated heterocycles. The molecule has 1 aliphatic heterocycles. The topological polar surface area (TPSA) is 99.9 Å². The maximum Gasteiger partial charge on any atom is 0.335 e. The molecule has 1 fully saturated rings. The number of hydrogen-bond acceptors (Lipinski definition) is 4. The number of aromatic carboxylic acids is 1. The van der Waals surface area contributed by atoms with Crippen molar-refractivity contribution in [2.24, 2.45) is 0 Å². The molecule has 2 N–H and O–H groups in total. The summed E-state index contributed by atoms with van der Waals surface area (Å²) in [6.45, 7) is 0.828. The first-order valence-electron chi connectivity index (χ1n) is 8.97. The van der Waals surface area contributed by atoms with E-state index in [1.54, 1.807) is 41.5 Å². The monoisotopic (exact) mass is 370 g/mol. The molecule has 7 heteroatoms. The Morgan fingerprint density at radius 2 is 2.00 bits per heavy atom. The molecule has 3 rings (SSSR count). The van der Waals surface area contributed by atoms with E-state index in [0.717, 1.165) is 6.42 Å². The first kappa shape index (κ1) is 18.7. The van der Waals surface area contributed by atoms with Gasteiger partial charge in [-0.3, -0.25) is 9.59 Å². The molecule has 0 saturated carbocycles. The second-order valence-corrected chi connectivity index (χ2v) is 6.50. The molecule has 1 aromatic heterocycles. The molecule has 7 nitrogen and oxygen atoms in total. The average molecular weight is 370 g/mol. The zero-order valence-electron chi connectivity index (χ0n) is 14.9. The lowest BCUT2D eigenvalue weighted by Gasteiger charge is -2.24. The fourth-order valence-corrected chi connectivity index (χ4v) is 3.38. The maximum absolute atomic E-state index is 12.6. The Balaban J connectivity index is 1.57. The Bertz CT molecular complexity index is 816. The van der Waals surface area contributed by atoms with Gasteiger partial charge in [-0.15, -0.1) is 0 Å². The molecule has 0 aliphatic carbocycles. The van der Waals surface area contributed by atoms with Crippen molar-refractivity contribution in [3.8, 4) is 0 Å². The highest BCUT2D eigenvalue weighted by molar-refractivity contribution is 5.90. The first-order chi connectivity index (χ1) is 13.1. The molecule has 2 aromatic rings. The Morgan fingerprint density at radius 1 is 1.19 bits per heavy atom. The number of carboxylic acids is 1. The molecule has 2 heterocycles. The SMILES string of the molecule is O=C(O)c1ccccc1CCC(=O)N1CCCC1C(=O)NCc1ccco1. The maximum atomic E-state index is 12.6. The lowest BCUT2D eigenvalue weighted by atomic mass is 10.0. The Hall–Kier alpha value is -3.09. The quantitative estimate of drug-likeness (QED) is 0.778. The fourth-order valence-electron chi connectivity index (χ4n) is 3.38. The predicted octanol–water partition coefficient (Wildman–Crippen LogP) is 2.22. The van der Waals surface area contributed by atoms with Crippen LogP contribution in [0.15, 0.2) is 47.1 Å². The smallest absolute Gasteiger partial charge is 0.335 e. The van der Waals surface area contributed by atoms with Gasteiger partial charge in [0.05, 0.1) is 18.4 Å². The van der Waals surface area contributed by atoms with Crippen molar-refractivity contribution >= 4 is 17.8 Å². The summed E-state index contributed by atoms with van der Waals surface area (Å²) in [5, 5.41) is 12.0. The van der Waals surface area contributed by atoms with Crippen molar-refractivity contribution in [3.05, 3.63) is 59.5 Å². The van der Waals surface area contributed by atoms with E-state index in [-0.39, 0.29) is 30.3 Å². The molecule has 1 unspecified atom stereocenters. The molecule has 142 valence electrons. The molecule has 0 radical (unpaired) electrons. The van der Waals surface area contributed by atoms with Crippen molar-refractivity contribution in [3.63, 3.8) is 0 Å². The van der Waals surface area contributed by atoms with E-state index in [4.69, 9.17) is 4.42 Å². The third kappa shape index (κ3) is 4.55. The molecule has 0 spiro atoms. The number of nitrogens with zero attached hydrogens (tertiary/aromatic N) is 1. The van der Waals surface area contributed by atoms with Crippen LogP contribution in [0.5, 0.6) is 0 Å². The van der Waals surface area contributed by atoms with Gasteiger partial charge in [-0.1, -0.05) is 18.2 Å². The van der Waals surface area contributed by atoms with Gasteiger partial charge in [-0.25, -0.2) is 4.79 Å². The van der Waals surface area contributed by atoms with Crippen molar-refractivity contribution in [1.29, 1.82) is 0 Å². The van der Waals surface area contributed by atoms with Crippen LogP contribution in [0.3, 0.4) is 0 Å². The van der Waals surface area contributed by atoms with Crippen LogP contribution in [0.4, 0.5) is 0 Å². The van der Waals surface area contributed by atoms with Gasteiger partial charge in [0.15, 0.2) is 0 Å². The number of likely N-dealkylation sites (tertiary alicyclic amines) is 1. The molecule has 0 bridgehead atoms. The van der Waals surface area contributed by atoms with Gasteiger partial charge in [0.25, 0.3) is 0 Å². The van der Waals surface area contributed by atoms with Gasteiger partial charge in [-0.2, -0.15) is 0 Å². The average Bonchev–Trinajstić information content (AvgIpc) is 3.36. The highest BCUT2D eigenvalue weighted by Gasteiger charge is 2.33. The normalized spacial score (nSPS) is 16.3. The minimum atomic E-state index is -1.01. The first-order valence-corrected chi connectivity index (χ1v) is 8.97. The second kappa shape index (κ2) is 8.53. The van der Waals surface area contributed by atoms with Crippen molar-refractivity contribution in [1.82, 2.24) is 10.2 Å². The van der Waals surface area contributed by atoms with E-state index in [0.29, 0.717) is 30.7 Å². The third-order valence-corrected chi connectivity index (χ3v) is 4.75. The van der Waals surface area contributed by atoms with E-state index in [9.17, 15) is 19.5 Å². The predicted molar refractivity (Wildman–Crippen MR) is 97.0 cm³/mol. The number of amides is 2. The van der Waals surface area contributed by atoms with E-state index >= 15 is 0 Å². The van der Waals surface area contributed by atoms with Crippen LogP contribution < -0.4 is 5.32 Å². The van der Waals surface area contributed by atoms with Gasteiger partial charge in [0, 0.05) is 13.0 Å². The van der Waals surface area contributed by atoms with E-state index in [1.165, 1.54) is 6.07 Å². The summed E-state index contributed by atoms with van der Waals surface area (Å²) >= 11 is 0. The second-order valence-electron chi connectivity index (χ2n) is 6.50. The molecular formula is C20H22N2O5. The number of aryl methyl sites for hydroxylation is 1. The lowest BCUT2D eigenvalue weighted by Crippen LogP contribution is -2.45. The molecule has 27 heavy (non-hydrogen) atoms. The van der Waals surface area contributed by atoms with Gasteiger partial charge in [0.2, 0.25) is 11.8 Å². The summed E-state index contributed by atoms with van der Waals surface area (Å²) < 4.78 is 5.20. The standard InChI is InChI=1S/C20H22N2O5/c23-18(10-9-14-5-1-2-7-16(14)20(25)26)22-11-3-8-17(22)19(24)21-13-15-6-4-12-27-15/h1-2,4-7,12,17H,3,8-11,13H2,(H,21,24)(H,25,26). The minimum Gasteiger partial charge on any atom is -0.478 e. The number of carboxylic acid groups (broad SMARTS) is 1. The van der Waals surface area contributed by atoms with Crippen molar-refractivity contribution < 1.29 is 23.9 Å². The van der Waals surface area contributed by atoms with Gasteiger partial charge in [0.1, 0.15) is 11.8 Å². The zero-order valence-corrected chi connectivity index (χ0v) is 14.9. The van der Waals surface area contributed by atoms with Crippen LogP contribution in [-0.2, 0) is 22.6 Å². The van der Waals surface area contributed by atoms with Crippen LogP contribution in [0.25, 0.3) is 0 Å². The van der Waals surface area contributed by atoms with Crippen LogP contribution in [0.1, 0.15) is 40.9 Å². The van der Waals surface area contributed by atoms with Gasteiger partial charge in [-0.05, 0) is 43.0 Å². The summed E-state index contributed by atoms with van der Waals surface area (Å²) in [5.74, 6) is -0.673. The van der Waals surface area contributed by atoms with Crippen molar-refractivity contribution in [2.45, 2.75) is 38.3 Å². The fraction of sp³-hybridized carbons (Fsp3) is 0.350. The largest absolute Gasteiger partial charge is 0.478 e. The third-order valence-electron chi connectivity index (χ3n) is 4.75. The zero-order chi connectivity index (χ0) is 19.2. The lowest BCUT2D eigenvalue weighted by molar-refractivity contribution is -0.138. The Labute approximate surface area is 157 Å². The van der Waals surface area contributed by atoms with E-state index in [1.807, 2.05) is 0 Å². The summed E-state index contributed by atoms with van der Waals surface area (Å²) in [7, 11) is 0. The van der Waals surface area contributed by atoms with Crippen LogP contribution in [0.2, 0.25) is 0 Å². The summed E-state index contributed by atoms with van der Waals surface area (Å²) in [6.07, 6.45) is 3.45. The van der Waals surface area contributed by atoms with Gasteiger partial charge < -0.3 is 19.7 Å². The molecular weight excluding hydrogens is 348 g/mol. The molecule has 2 amide bonds. The minimum absolute atomic E-state index is 0.133. The van der Waals surface area contributed by atoms with Gasteiger partial charge >= 0.3 is 5.97 Å². The highest BCUT2D eigenvalue weighted by atomic mass is 16.4. The molecule has 1 atom stereocenters. The summed E-state index contributed by atoms with van der Waals surface area (Å²) in [4.78, 5) is 38.0. The van der Waals surface area contributed by atoms with E-state index in [2.05, 4.69) is 5.32 Å². The highest BCUT2D eigenvalue weighted by Crippen LogP contribution is 2.20. The van der Waals surface area contributed by atoms with Crippen LogP contribution in [0, 0.1) is 0 Å². The van der Waals surface area contributed by atoms with Crippen molar-refractivity contribution in [2.75, 3.05) is 6.54 Å². The molecule has 1 aliphatic rings. The Morgan fingerprint density at radius 3 is 2.74 bits per heavy atom. The number of rotatable bonds is 7. The number of benzene rings is 1. The summed E-state index contributed by atoms with van der Waals surface area (Å²) in [6, 6.07) is 9.71. The van der Waals surface area contributed by atoms with Crippen LogP contribution >= 0.6 is 0 Å². The number of carbonyl (C=O) groups is 3. The summed E-state index contributed by atoms with van der Waals surface area (Å²) in [5.41, 5.74) is 0.829. The molecule has 1 aromatic carbocycles. The van der Waals surface area contributed by atoms with Crippen LogP contribution in [-0.4, -0.2) is 40.4 Å². The Kier molecular flexibility index (Phi) is 5.90. The number of hydrogen-bond donors (Lipinski definition) is 2. The number of carbonyl (C=O) groups excluding carboxylic acids is 2. The number of furan rings is 1. The number of nitrogens with one attached hydrogen (secondary N) is 1.